The molecular formula is C48H109N3O7P2. The van der Waals surface area contributed by atoms with Gasteiger partial charge in [-0.2, -0.15) is 0 Å². The molecule has 0 aromatic heterocycles. The predicted octanol–water partition coefficient (Wildman–Crippen LogP) is 11.8. The molecular weight excluding hydrogens is 792 g/mol. The molecule has 0 amide bonds. The average Bonchev–Trinajstić information content (AvgIpc) is 3.21. The Morgan fingerprint density at radius 2 is 0.383 bits per heavy atom. The van der Waals surface area contributed by atoms with Gasteiger partial charge in [-0.25, -0.2) is 0 Å². The number of unbranched alkanes of at least 4 members (excludes halogenated alkanes) is 12. The molecule has 0 unspecified atom stereocenters. The zero-order chi connectivity index (χ0) is 46.7. The van der Waals surface area contributed by atoms with E-state index in [1.807, 2.05) is 0 Å². The SMILES string of the molecule is CCCC[N+](CCCC)(CCCC)CCCC.CCCC[N+](CCCC)(CCCC)CCCC.CCCC[N+](CCCC)(CCCC)CCCC.O=P([O-])([O-])OP(=O)([O-])[O-].[H+]. The van der Waals surface area contributed by atoms with Gasteiger partial charge in [0.1, 0.15) is 0 Å². The molecule has 0 spiro atoms. The van der Waals surface area contributed by atoms with E-state index >= 15 is 0 Å². The summed E-state index contributed by atoms with van der Waals surface area (Å²) in [4.78, 5) is 37.3. The molecule has 0 fully saturated rings. The molecule has 0 aliphatic carbocycles. The third-order valence-electron chi connectivity index (χ3n) is 12.0. The summed E-state index contributed by atoms with van der Waals surface area (Å²) in [6.07, 6.45) is 33.2. The van der Waals surface area contributed by atoms with Gasteiger partial charge in [-0.1, -0.05) is 160 Å². The van der Waals surface area contributed by atoms with Crippen LogP contribution in [0, 0.1) is 0 Å². The van der Waals surface area contributed by atoms with E-state index in [-0.39, 0.29) is 1.43 Å². The molecule has 0 aromatic rings. The van der Waals surface area contributed by atoms with E-state index in [4.69, 9.17) is 0 Å². The van der Waals surface area contributed by atoms with Crippen molar-refractivity contribution in [1.82, 2.24) is 0 Å². The topological polar surface area (TPSA) is 136 Å². The van der Waals surface area contributed by atoms with Crippen molar-refractivity contribution in [2.75, 3.05) is 78.5 Å². The van der Waals surface area contributed by atoms with Crippen LogP contribution in [0.25, 0.3) is 0 Å². The second-order valence-corrected chi connectivity index (χ2v) is 20.4. The van der Waals surface area contributed by atoms with Gasteiger partial charge in [0.25, 0.3) is 0 Å². The summed E-state index contributed by atoms with van der Waals surface area (Å²) in [6, 6.07) is 0. The van der Waals surface area contributed by atoms with Crippen LogP contribution in [0.2, 0.25) is 0 Å². The van der Waals surface area contributed by atoms with E-state index in [1.54, 1.807) is 0 Å². The standard InChI is InChI=1S/3C16H36N.H4O7P2/c3*1-5-9-13-17(14-10-6-2,15-11-7-3)16-12-8-4;1-8(2,3)7-9(4,5)6/h3*5-16H2,1-4H3;(H2,1,2,3)(H2,4,5,6)/q3*+1;/p-3. The summed E-state index contributed by atoms with van der Waals surface area (Å²) < 4.78 is 25.4. The molecule has 60 heavy (non-hydrogen) atoms. The van der Waals surface area contributed by atoms with Gasteiger partial charge >= 0.3 is 1.43 Å². The van der Waals surface area contributed by atoms with Gasteiger partial charge in [-0.15, -0.1) is 0 Å². The molecule has 0 radical (unpaired) electrons. The molecule has 10 nitrogen and oxygen atoms in total. The van der Waals surface area contributed by atoms with Crippen molar-refractivity contribution in [2.45, 2.75) is 237 Å². The number of nitrogens with zero attached hydrogens (tertiary/aromatic N) is 3. The molecule has 0 atom stereocenters. The van der Waals surface area contributed by atoms with E-state index in [2.05, 4.69) is 87.4 Å². The molecule has 0 heterocycles. The highest BCUT2D eigenvalue weighted by molar-refractivity contribution is 7.57. The van der Waals surface area contributed by atoms with Gasteiger partial charge in [0.15, 0.2) is 0 Å². The molecule has 0 aromatic carbocycles. The lowest BCUT2D eigenvalue weighted by Crippen LogP contribution is -2.50. The molecule has 12 heteroatoms. The van der Waals surface area contributed by atoms with Crippen LogP contribution in [0.15, 0.2) is 0 Å². The van der Waals surface area contributed by atoms with Crippen LogP contribution in [0.3, 0.4) is 0 Å². The summed E-state index contributed by atoms with van der Waals surface area (Å²) in [5.74, 6) is 0. The molecule has 0 N–H and O–H groups in total. The van der Waals surface area contributed by atoms with Crippen molar-refractivity contribution in [1.29, 1.82) is 0 Å². The van der Waals surface area contributed by atoms with Crippen LogP contribution in [0.4, 0.5) is 0 Å². The average molecular weight is 902 g/mol. The summed E-state index contributed by atoms with van der Waals surface area (Å²) >= 11 is 0. The van der Waals surface area contributed by atoms with Crippen LogP contribution < -0.4 is 19.6 Å². The van der Waals surface area contributed by atoms with E-state index < -0.39 is 15.6 Å². The van der Waals surface area contributed by atoms with Gasteiger partial charge in [0.05, 0.1) is 94.2 Å². The molecule has 0 aliphatic rings. The van der Waals surface area contributed by atoms with E-state index in [1.165, 1.54) is 246 Å². The van der Waals surface area contributed by atoms with Gasteiger partial charge in [0.2, 0.25) is 0 Å². The Bertz CT molecular complexity index is 753. The molecule has 0 saturated heterocycles. The summed E-state index contributed by atoms with van der Waals surface area (Å²) in [5.41, 5.74) is 0. The second kappa shape index (κ2) is 44.3. The zero-order valence-corrected chi connectivity index (χ0v) is 44.3. The van der Waals surface area contributed by atoms with Crippen molar-refractivity contribution >= 4 is 15.6 Å². The first-order valence-electron chi connectivity index (χ1n) is 25.7. The molecule has 0 aliphatic heterocycles. The molecule has 0 saturated carbocycles. The number of quaternary nitrogens is 3. The lowest BCUT2D eigenvalue weighted by molar-refractivity contribution is -0.929. The zero-order valence-electron chi connectivity index (χ0n) is 43.5. The van der Waals surface area contributed by atoms with Crippen molar-refractivity contribution in [3.63, 3.8) is 0 Å². The molecule has 368 valence electrons. The molecule has 0 bridgehead atoms. The summed E-state index contributed by atoms with van der Waals surface area (Å²) in [7, 11) is -11.4. The van der Waals surface area contributed by atoms with Crippen LogP contribution >= 0.6 is 15.6 Å². The Balaban J connectivity index is -0.000000232. The minimum atomic E-state index is -5.68. The first-order chi connectivity index (χ1) is 28.4. The third kappa shape index (κ3) is 43.4. The highest BCUT2D eigenvalue weighted by Gasteiger charge is 2.27. The fourth-order valence-corrected chi connectivity index (χ4v) is 9.04. The van der Waals surface area contributed by atoms with E-state index in [0.717, 1.165) is 0 Å². The van der Waals surface area contributed by atoms with Gasteiger partial charge in [-0.3, -0.25) is 0 Å². The van der Waals surface area contributed by atoms with E-state index in [0.29, 0.717) is 0 Å². The van der Waals surface area contributed by atoms with Crippen molar-refractivity contribution in [2.24, 2.45) is 0 Å². The number of hydrogen-bond donors (Lipinski definition) is 0. The molecule has 0 rings (SSSR count). The lowest BCUT2D eigenvalue weighted by Gasteiger charge is -2.39. The number of phosphoric acid groups is 2. The minimum absolute atomic E-state index is 0. The Hall–Kier alpha value is 0.140. The van der Waals surface area contributed by atoms with Gasteiger partial charge in [0, 0.05) is 0 Å². The van der Waals surface area contributed by atoms with E-state index in [9.17, 15) is 28.7 Å². The van der Waals surface area contributed by atoms with Crippen LogP contribution in [0.1, 0.15) is 239 Å². The van der Waals surface area contributed by atoms with Crippen LogP contribution in [0.5, 0.6) is 0 Å². The fraction of sp³-hybridized carbons (Fsp3) is 1.00. The van der Waals surface area contributed by atoms with Crippen molar-refractivity contribution in [3.05, 3.63) is 0 Å². The van der Waals surface area contributed by atoms with Crippen LogP contribution in [-0.2, 0) is 13.4 Å². The summed E-state index contributed by atoms with van der Waals surface area (Å²) in [6.45, 7) is 45.1. The maximum atomic E-state index is 9.32. The Morgan fingerprint density at radius 3 is 0.433 bits per heavy atom. The van der Waals surface area contributed by atoms with Crippen molar-refractivity contribution in [3.8, 4) is 0 Å². The Kier molecular flexibility index (Phi) is 49.3. The number of hydrogen-bond acceptors (Lipinski definition) is 7. The highest BCUT2D eigenvalue weighted by atomic mass is 31.3. The lowest BCUT2D eigenvalue weighted by atomic mass is 10.1. The maximum Gasteiger partial charge on any atom is 1.00 e. The first-order valence-corrected chi connectivity index (χ1v) is 28.7. The minimum Gasteiger partial charge on any atom is -0.790 e. The number of rotatable bonds is 38. The third-order valence-corrected chi connectivity index (χ3v) is 13.6. The van der Waals surface area contributed by atoms with Gasteiger partial charge < -0.3 is 46.5 Å². The van der Waals surface area contributed by atoms with Crippen LogP contribution in [-0.4, -0.2) is 92.0 Å². The second-order valence-electron chi connectivity index (χ2n) is 17.9. The highest BCUT2D eigenvalue weighted by Crippen LogP contribution is 2.42. The Labute approximate surface area is 378 Å². The summed E-state index contributed by atoms with van der Waals surface area (Å²) in [5, 5.41) is 0. The van der Waals surface area contributed by atoms with Gasteiger partial charge in [-0.05, 0) is 77.0 Å². The largest absolute Gasteiger partial charge is 1.00 e. The smallest absolute Gasteiger partial charge is 0.790 e. The van der Waals surface area contributed by atoms with Crippen molar-refractivity contribution < 1.29 is 47.9 Å². The monoisotopic (exact) mass is 902 g/mol. The predicted molar refractivity (Wildman–Crippen MR) is 255 cm³/mol. The fourth-order valence-electron chi connectivity index (χ4n) is 8.06. The normalized spacial score (nSPS) is 12.3. The maximum absolute atomic E-state index is 9.32. The Morgan fingerprint density at radius 1 is 0.283 bits per heavy atom. The first kappa shape index (κ1) is 66.7. The quantitative estimate of drug-likeness (QED) is 0.0444.